The third kappa shape index (κ3) is 1.29. The second kappa shape index (κ2) is 2.99. The van der Waals surface area contributed by atoms with E-state index < -0.39 is 0 Å². The second-order valence-corrected chi connectivity index (χ2v) is 3.60. The summed E-state index contributed by atoms with van der Waals surface area (Å²) in [4.78, 5) is 0. The number of hydrogen-bond donors (Lipinski definition) is 0. The number of aryl methyl sites for hydroxylation is 1. The molecule has 0 saturated carbocycles. The molecule has 0 amide bonds. The molecule has 0 aliphatic rings. The number of hydrogen-bond acceptors (Lipinski definition) is 3. The third-order valence-corrected chi connectivity index (χ3v) is 2.31. The summed E-state index contributed by atoms with van der Waals surface area (Å²) in [6.07, 6.45) is 0. The maximum atomic E-state index is 5.22. The van der Waals surface area contributed by atoms with Gasteiger partial charge in [-0.15, -0.1) is 5.10 Å². The van der Waals surface area contributed by atoms with Crippen molar-refractivity contribution >= 4 is 27.0 Å². The maximum Gasteiger partial charge on any atom is 0.147 e. The lowest BCUT2D eigenvalue weighted by Crippen LogP contribution is -1.93. The maximum absolute atomic E-state index is 5.22. The van der Waals surface area contributed by atoms with Gasteiger partial charge in [-0.2, -0.15) is 0 Å². The van der Waals surface area contributed by atoms with Crippen LogP contribution in [0.1, 0.15) is 0 Å². The van der Waals surface area contributed by atoms with Gasteiger partial charge in [0.1, 0.15) is 16.8 Å². The van der Waals surface area contributed by atoms with E-state index in [1.54, 1.807) is 11.8 Å². The first-order valence-electron chi connectivity index (χ1n) is 3.75. The first-order chi connectivity index (χ1) is 6.22. The lowest BCUT2D eigenvalue weighted by molar-refractivity contribution is 0.417. The normalized spacial score (nSPS) is 10.7. The van der Waals surface area contributed by atoms with Crippen molar-refractivity contribution in [2.75, 3.05) is 7.11 Å². The summed E-state index contributed by atoms with van der Waals surface area (Å²) < 4.78 is 7.85. The molecule has 68 valence electrons. The highest BCUT2D eigenvalue weighted by molar-refractivity contribution is 9.10. The SMILES string of the molecule is COc1cc(Br)cc2nnn(C)c12. The molecule has 0 fully saturated rings. The van der Waals surface area contributed by atoms with Crippen molar-refractivity contribution in [1.29, 1.82) is 0 Å². The molecule has 0 N–H and O–H groups in total. The minimum atomic E-state index is 0.775. The Bertz CT molecular complexity index is 452. The van der Waals surface area contributed by atoms with Gasteiger partial charge in [-0.3, -0.25) is 0 Å². The molecule has 1 aromatic heterocycles. The van der Waals surface area contributed by atoms with Crippen molar-refractivity contribution in [2.45, 2.75) is 0 Å². The summed E-state index contributed by atoms with van der Waals surface area (Å²) in [5.74, 6) is 0.775. The van der Waals surface area contributed by atoms with E-state index in [9.17, 15) is 0 Å². The second-order valence-electron chi connectivity index (χ2n) is 2.69. The lowest BCUT2D eigenvalue weighted by atomic mass is 10.3. The van der Waals surface area contributed by atoms with Gasteiger partial charge in [-0.1, -0.05) is 21.1 Å². The third-order valence-electron chi connectivity index (χ3n) is 1.85. The molecule has 1 heterocycles. The molecular weight excluding hydrogens is 234 g/mol. The molecular formula is C8H8BrN3O. The minimum Gasteiger partial charge on any atom is -0.494 e. The zero-order valence-corrected chi connectivity index (χ0v) is 8.87. The van der Waals surface area contributed by atoms with Crippen LogP contribution in [-0.2, 0) is 7.05 Å². The quantitative estimate of drug-likeness (QED) is 0.764. The van der Waals surface area contributed by atoms with Crippen LogP contribution >= 0.6 is 15.9 Å². The molecule has 0 atom stereocenters. The summed E-state index contributed by atoms with van der Waals surface area (Å²) in [6, 6.07) is 3.80. The molecule has 1 aromatic carbocycles. The Morgan fingerprint density at radius 3 is 2.92 bits per heavy atom. The van der Waals surface area contributed by atoms with Gasteiger partial charge in [-0.25, -0.2) is 4.68 Å². The topological polar surface area (TPSA) is 39.9 Å². The standard InChI is InChI=1S/C8H8BrN3O/c1-12-8-6(10-11-12)3-5(9)4-7(8)13-2/h3-4H,1-2H3. The molecule has 0 aliphatic heterocycles. The Morgan fingerprint density at radius 1 is 1.46 bits per heavy atom. The summed E-state index contributed by atoms with van der Waals surface area (Å²) in [6.45, 7) is 0. The first-order valence-corrected chi connectivity index (χ1v) is 4.54. The summed E-state index contributed by atoms with van der Waals surface area (Å²) in [7, 11) is 3.47. The van der Waals surface area contributed by atoms with E-state index in [1.165, 1.54) is 0 Å². The molecule has 2 rings (SSSR count). The van der Waals surface area contributed by atoms with Crippen LogP contribution in [0.4, 0.5) is 0 Å². The molecule has 2 aromatic rings. The molecule has 0 unspecified atom stereocenters. The fourth-order valence-corrected chi connectivity index (χ4v) is 1.70. The minimum absolute atomic E-state index is 0.775. The van der Waals surface area contributed by atoms with Crippen molar-refractivity contribution in [1.82, 2.24) is 15.0 Å². The predicted octanol–water partition coefficient (Wildman–Crippen LogP) is 1.74. The van der Waals surface area contributed by atoms with E-state index in [4.69, 9.17) is 4.74 Å². The van der Waals surface area contributed by atoms with E-state index in [2.05, 4.69) is 26.2 Å². The highest BCUT2D eigenvalue weighted by Gasteiger charge is 2.08. The van der Waals surface area contributed by atoms with E-state index in [1.807, 2.05) is 19.2 Å². The zero-order chi connectivity index (χ0) is 9.42. The molecule has 5 heteroatoms. The monoisotopic (exact) mass is 241 g/mol. The van der Waals surface area contributed by atoms with Crippen LogP contribution in [0.15, 0.2) is 16.6 Å². The van der Waals surface area contributed by atoms with E-state index in [-0.39, 0.29) is 0 Å². The number of nitrogens with zero attached hydrogens (tertiary/aromatic N) is 3. The predicted molar refractivity (Wildman–Crippen MR) is 52.8 cm³/mol. The molecule has 0 bridgehead atoms. The van der Waals surface area contributed by atoms with Gasteiger partial charge in [0.2, 0.25) is 0 Å². The van der Waals surface area contributed by atoms with E-state index in [0.717, 1.165) is 21.3 Å². The number of aromatic nitrogens is 3. The first kappa shape index (κ1) is 8.50. The number of rotatable bonds is 1. The van der Waals surface area contributed by atoms with Gasteiger partial charge in [0.25, 0.3) is 0 Å². The fraction of sp³-hybridized carbons (Fsp3) is 0.250. The van der Waals surface area contributed by atoms with Crippen molar-refractivity contribution in [3.05, 3.63) is 16.6 Å². The fourth-order valence-electron chi connectivity index (χ4n) is 1.28. The van der Waals surface area contributed by atoms with Gasteiger partial charge in [0, 0.05) is 11.5 Å². The largest absolute Gasteiger partial charge is 0.494 e. The molecule has 0 spiro atoms. The van der Waals surface area contributed by atoms with Gasteiger partial charge in [0.05, 0.1) is 7.11 Å². The van der Waals surface area contributed by atoms with Crippen LogP contribution in [0, 0.1) is 0 Å². The van der Waals surface area contributed by atoms with Crippen molar-refractivity contribution in [3.63, 3.8) is 0 Å². The summed E-state index contributed by atoms with van der Waals surface area (Å²) in [5.41, 5.74) is 1.74. The molecule has 13 heavy (non-hydrogen) atoms. The van der Waals surface area contributed by atoms with Crippen molar-refractivity contribution < 1.29 is 4.74 Å². The van der Waals surface area contributed by atoms with E-state index >= 15 is 0 Å². The number of halogens is 1. The van der Waals surface area contributed by atoms with Crippen LogP contribution < -0.4 is 4.74 Å². The average molecular weight is 242 g/mol. The van der Waals surface area contributed by atoms with Gasteiger partial charge in [0.15, 0.2) is 0 Å². The van der Waals surface area contributed by atoms with Crippen LogP contribution in [0.25, 0.3) is 11.0 Å². The summed E-state index contributed by atoms with van der Waals surface area (Å²) >= 11 is 3.38. The Hall–Kier alpha value is -1.10. The summed E-state index contributed by atoms with van der Waals surface area (Å²) in [5, 5.41) is 7.90. The van der Waals surface area contributed by atoms with Crippen LogP contribution in [-0.4, -0.2) is 22.1 Å². The lowest BCUT2D eigenvalue weighted by Gasteiger charge is -2.02. The van der Waals surface area contributed by atoms with Crippen LogP contribution in [0.3, 0.4) is 0 Å². The Kier molecular flexibility index (Phi) is 1.95. The van der Waals surface area contributed by atoms with Crippen molar-refractivity contribution in [3.8, 4) is 5.75 Å². The Balaban J connectivity index is 2.85. The molecule has 0 saturated heterocycles. The zero-order valence-electron chi connectivity index (χ0n) is 7.28. The number of benzene rings is 1. The van der Waals surface area contributed by atoms with E-state index in [0.29, 0.717) is 0 Å². The van der Waals surface area contributed by atoms with Gasteiger partial charge < -0.3 is 4.74 Å². The smallest absolute Gasteiger partial charge is 0.147 e. The highest BCUT2D eigenvalue weighted by Crippen LogP contribution is 2.27. The van der Waals surface area contributed by atoms with Crippen molar-refractivity contribution in [2.24, 2.45) is 7.05 Å². The Morgan fingerprint density at radius 2 is 2.23 bits per heavy atom. The molecule has 0 aliphatic carbocycles. The average Bonchev–Trinajstić information content (AvgIpc) is 2.46. The van der Waals surface area contributed by atoms with Crippen LogP contribution in [0.5, 0.6) is 5.75 Å². The van der Waals surface area contributed by atoms with Crippen LogP contribution in [0.2, 0.25) is 0 Å². The number of methoxy groups -OCH3 is 1. The highest BCUT2D eigenvalue weighted by atomic mass is 79.9. The Labute approximate surface area is 83.6 Å². The van der Waals surface area contributed by atoms with Gasteiger partial charge in [-0.05, 0) is 12.1 Å². The molecule has 0 radical (unpaired) electrons. The van der Waals surface area contributed by atoms with Gasteiger partial charge >= 0.3 is 0 Å². The molecule has 4 nitrogen and oxygen atoms in total. The number of ether oxygens (including phenoxy) is 1. The number of fused-ring (bicyclic) bond motifs is 1.